The van der Waals surface area contributed by atoms with Gasteiger partial charge < -0.3 is 9.32 Å². The second kappa shape index (κ2) is 9.34. The van der Waals surface area contributed by atoms with Gasteiger partial charge >= 0.3 is 0 Å². The summed E-state index contributed by atoms with van der Waals surface area (Å²) in [6.07, 6.45) is 1.63. The first-order valence-corrected chi connectivity index (χ1v) is 9.90. The van der Waals surface area contributed by atoms with Crippen molar-refractivity contribution in [3.63, 3.8) is 0 Å². The largest absolute Gasteiger partial charge is 0.441 e. The van der Waals surface area contributed by atoms with Gasteiger partial charge in [-0.3, -0.25) is 4.79 Å². The number of aryl methyl sites for hydroxylation is 1. The van der Waals surface area contributed by atoms with Crippen molar-refractivity contribution >= 4 is 11.6 Å². The van der Waals surface area contributed by atoms with Crippen LogP contribution in [0.25, 0.3) is 11.3 Å². The van der Waals surface area contributed by atoms with Crippen molar-refractivity contribution in [2.24, 2.45) is 0 Å². The molecule has 0 bridgehead atoms. The Morgan fingerprint density at radius 2 is 1.52 bits per heavy atom. The summed E-state index contributed by atoms with van der Waals surface area (Å²) in [4.78, 5) is 18.8. The van der Waals surface area contributed by atoms with Gasteiger partial charge in [0.2, 0.25) is 5.91 Å². The van der Waals surface area contributed by atoms with E-state index in [1.54, 1.807) is 4.90 Å². The van der Waals surface area contributed by atoms with Gasteiger partial charge in [-0.1, -0.05) is 54.6 Å². The second-order valence-corrected chi connectivity index (χ2v) is 7.02. The molecule has 6 heteroatoms. The molecule has 0 saturated carbocycles. The Morgan fingerprint density at radius 3 is 2.19 bits per heavy atom. The number of aromatic nitrogens is 1. The number of amides is 1. The molecular formula is C25H20F2N2O2. The predicted octanol–water partition coefficient (Wildman–Crippen LogP) is 5.79. The van der Waals surface area contributed by atoms with E-state index in [1.165, 1.54) is 12.3 Å². The Balaban J connectivity index is 1.49. The minimum absolute atomic E-state index is 0.00208. The van der Waals surface area contributed by atoms with Gasteiger partial charge in [0, 0.05) is 18.5 Å². The van der Waals surface area contributed by atoms with E-state index in [1.807, 2.05) is 60.7 Å². The molecule has 1 amide bonds. The number of carbonyl (C=O) groups excluding carboxylic acids is 1. The first-order valence-electron chi connectivity index (χ1n) is 9.90. The third-order valence-corrected chi connectivity index (χ3v) is 4.87. The number of benzene rings is 3. The molecule has 0 aliphatic rings. The lowest BCUT2D eigenvalue weighted by Crippen LogP contribution is -2.30. The van der Waals surface area contributed by atoms with Gasteiger partial charge in [0.25, 0.3) is 0 Å². The Bertz CT molecular complexity index is 1140. The Morgan fingerprint density at radius 1 is 0.871 bits per heavy atom. The van der Waals surface area contributed by atoms with Crippen molar-refractivity contribution in [1.82, 2.24) is 4.98 Å². The van der Waals surface area contributed by atoms with Gasteiger partial charge in [0.15, 0.2) is 11.7 Å². The van der Waals surface area contributed by atoms with Gasteiger partial charge in [0.1, 0.15) is 11.6 Å². The first kappa shape index (κ1) is 20.5. The number of para-hydroxylation sites is 1. The van der Waals surface area contributed by atoms with Crippen molar-refractivity contribution in [3.8, 4) is 11.3 Å². The summed E-state index contributed by atoms with van der Waals surface area (Å²) in [5.74, 6) is -1.30. The lowest BCUT2D eigenvalue weighted by atomic mass is 10.1. The van der Waals surface area contributed by atoms with E-state index < -0.39 is 11.6 Å². The molecule has 1 heterocycles. The third kappa shape index (κ3) is 4.86. The molecule has 0 fully saturated rings. The number of halogens is 2. The number of oxazole rings is 1. The molecule has 0 aliphatic carbocycles. The van der Waals surface area contributed by atoms with Crippen molar-refractivity contribution in [2.75, 3.05) is 4.90 Å². The quantitative estimate of drug-likeness (QED) is 0.382. The number of hydrogen-bond donors (Lipinski definition) is 0. The van der Waals surface area contributed by atoms with Crippen molar-refractivity contribution in [3.05, 3.63) is 108 Å². The molecule has 0 spiro atoms. The summed E-state index contributed by atoms with van der Waals surface area (Å²) in [6.45, 7) is 0.432. The maximum atomic E-state index is 14.0. The van der Waals surface area contributed by atoms with Gasteiger partial charge in [-0.05, 0) is 29.8 Å². The molecule has 4 nitrogen and oxygen atoms in total. The zero-order valence-electron chi connectivity index (χ0n) is 16.7. The van der Waals surface area contributed by atoms with Crippen LogP contribution in [0.1, 0.15) is 17.9 Å². The molecule has 0 atom stereocenters. The summed E-state index contributed by atoms with van der Waals surface area (Å²) in [6, 6.07) is 22.7. The zero-order valence-corrected chi connectivity index (χ0v) is 16.7. The minimum Gasteiger partial charge on any atom is -0.441 e. The average Bonchev–Trinajstić information content (AvgIpc) is 3.25. The van der Waals surface area contributed by atoms with Crippen LogP contribution in [0.15, 0.2) is 89.5 Å². The normalized spacial score (nSPS) is 10.8. The van der Waals surface area contributed by atoms with Gasteiger partial charge in [0.05, 0.1) is 18.3 Å². The number of anilines is 1. The van der Waals surface area contributed by atoms with Crippen LogP contribution in [0.2, 0.25) is 0 Å². The highest BCUT2D eigenvalue weighted by Gasteiger charge is 2.19. The Hall–Kier alpha value is -3.80. The van der Waals surface area contributed by atoms with E-state index in [4.69, 9.17) is 4.42 Å². The fourth-order valence-electron chi connectivity index (χ4n) is 3.32. The number of nitrogens with zero attached hydrogens (tertiary/aromatic N) is 2. The van der Waals surface area contributed by atoms with Crippen molar-refractivity contribution in [2.45, 2.75) is 19.4 Å². The summed E-state index contributed by atoms with van der Waals surface area (Å²) in [7, 11) is 0. The Kier molecular flexibility index (Phi) is 6.17. The Labute approximate surface area is 178 Å². The number of rotatable bonds is 7. The van der Waals surface area contributed by atoms with Crippen LogP contribution in [-0.2, 0) is 17.8 Å². The second-order valence-electron chi connectivity index (χ2n) is 7.02. The molecule has 1 aromatic heterocycles. The molecule has 4 aromatic rings. The molecule has 0 radical (unpaired) electrons. The van der Waals surface area contributed by atoms with Gasteiger partial charge in [-0.15, -0.1) is 0 Å². The van der Waals surface area contributed by atoms with E-state index in [0.29, 0.717) is 6.54 Å². The molecular weight excluding hydrogens is 398 g/mol. The highest BCUT2D eigenvalue weighted by Crippen LogP contribution is 2.27. The molecule has 156 valence electrons. The van der Waals surface area contributed by atoms with Crippen LogP contribution < -0.4 is 4.90 Å². The molecule has 31 heavy (non-hydrogen) atoms. The summed E-state index contributed by atoms with van der Waals surface area (Å²) >= 11 is 0. The first-order chi connectivity index (χ1) is 15.1. The van der Waals surface area contributed by atoms with Crippen molar-refractivity contribution < 1.29 is 18.0 Å². The van der Waals surface area contributed by atoms with E-state index >= 15 is 0 Å². The third-order valence-electron chi connectivity index (χ3n) is 4.87. The van der Waals surface area contributed by atoms with Crippen LogP contribution in [0.5, 0.6) is 0 Å². The molecule has 3 aromatic carbocycles. The highest BCUT2D eigenvalue weighted by atomic mass is 19.1. The zero-order chi connectivity index (χ0) is 21.6. The molecule has 0 N–H and O–H groups in total. The van der Waals surface area contributed by atoms with Crippen LogP contribution in [0.3, 0.4) is 0 Å². The van der Waals surface area contributed by atoms with Crippen LogP contribution >= 0.6 is 0 Å². The molecule has 0 saturated heterocycles. The monoisotopic (exact) mass is 418 g/mol. The van der Waals surface area contributed by atoms with E-state index in [2.05, 4.69) is 4.98 Å². The maximum Gasteiger partial charge on any atom is 0.227 e. The fraction of sp³-hybridized carbons (Fsp3) is 0.120. The fourth-order valence-corrected chi connectivity index (χ4v) is 3.32. The van der Waals surface area contributed by atoms with Gasteiger partial charge in [-0.2, -0.15) is 0 Å². The minimum atomic E-state index is -0.725. The van der Waals surface area contributed by atoms with Crippen LogP contribution in [0, 0.1) is 11.6 Å². The lowest BCUT2D eigenvalue weighted by Gasteiger charge is -2.23. The van der Waals surface area contributed by atoms with Crippen LogP contribution in [0.4, 0.5) is 14.5 Å². The predicted molar refractivity (Wildman–Crippen MR) is 114 cm³/mol. The summed E-state index contributed by atoms with van der Waals surface area (Å²) in [5, 5.41) is 0. The molecule has 0 aliphatic heterocycles. The SMILES string of the molecule is O=C(CCc1ncc(-c2c(F)cccc2F)o1)N(Cc1ccccc1)c1ccccc1. The number of hydrogen-bond acceptors (Lipinski definition) is 3. The van der Waals surface area contributed by atoms with E-state index in [0.717, 1.165) is 23.4 Å². The average molecular weight is 418 g/mol. The smallest absolute Gasteiger partial charge is 0.227 e. The maximum absolute atomic E-state index is 14.0. The van der Waals surface area contributed by atoms with Crippen LogP contribution in [-0.4, -0.2) is 10.9 Å². The van der Waals surface area contributed by atoms with E-state index in [-0.39, 0.29) is 36.0 Å². The summed E-state index contributed by atoms with van der Waals surface area (Å²) < 4.78 is 33.5. The van der Waals surface area contributed by atoms with Crippen molar-refractivity contribution in [1.29, 1.82) is 0 Å². The van der Waals surface area contributed by atoms with Gasteiger partial charge in [-0.25, -0.2) is 13.8 Å². The summed E-state index contributed by atoms with van der Waals surface area (Å²) in [5.41, 5.74) is 1.54. The number of carbonyl (C=O) groups is 1. The lowest BCUT2D eigenvalue weighted by molar-refractivity contribution is -0.118. The highest BCUT2D eigenvalue weighted by molar-refractivity contribution is 5.93. The van der Waals surface area contributed by atoms with E-state index in [9.17, 15) is 13.6 Å². The topological polar surface area (TPSA) is 46.3 Å². The molecule has 4 rings (SSSR count). The molecule has 0 unspecified atom stereocenters. The standard InChI is InChI=1S/C25H20F2N2O2/c26-20-12-7-13-21(27)25(20)22-16-28-23(31-22)14-15-24(30)29(19-10-5-2-6-11-19)17-18-8-3-1-4-9-18/h1-13,16H,14-15,17H2.